The van der Waals surface area contributed by atoms with Crippen molar-refractivity contribution in [3.8, 4) is 67.3 Å². The van der Waals surface area contributed by atoms with Crippen LogP contribution in [0.15, 0.2) is 206 Å². The molecule has 1 heterocycles. The van der Waals surface area contributed by atoms with E-state index in [2.05, 4.69) is 188 Å². The molecule has 1 aromatic heterocycles. The first-order valence-corrected chi connectivity index (χ1v) is 18.4. The Kier molecular flexibility index (Phi) is 7.85. The van der Waals surface area contributed by atoms with Crippen LogP contribution < -0.4 is 0 Å². The number of hydrogen-bond acceptors (Lipinski definition) is 2. The molecular formula is C52H34N2. The van der Waals surface area contributed by atoms with Crippen LogP contribution in [-0.2, 0) is 0 Å². The number of fused-ring (bicyclic) bond motifs is 4. The van der Waals surface area contributed by atoms with Gasteiger partial charge < -0.3 is 0 Å². The predicted octanol–water partition coefficient (Wildman–Crippen LogP) is 13.9. The van der Waals surface area contributed by atoms with Gasteiger partial charge in [0.05, 0.1) is 11.4 Å². The molecule has 0 saturated carbocycles. The van der Waals surface area contributed by atoms with Gasteiger partial charge >= 0.3 is 0 Å². The molecule has 0 fully saturated rings. The van der Waals surface area contributed by atoms with Gasteiger partial charge in [0.15, 0.2) is 5.82 Å². The molecule has 0 atom stereocenters. The minimum absolute atomic E-state index is 0.695. The van der Waals surface area contributed by atoms with Crippen molar-refractivity contribution in [3.05, 3.63) is 206 Å². The summed E-state index contributed by atoms with van der Waals surface area (Å²) in [7, 11) is 0. The SMILES string of the molecule is c1ccc(-c2nc(-c3ccc(-c4ccccc4)c(-c4ccccc4)c3)cc(-c3ccccc3-c3c4ccccc4cc4c3ccc3ccccc34)n2)cc1. The lowest BCUT2D eigenvalue weighted by atomic mass is 9.87. The molecule has 0 unspecified atom stereocenters. The highest BCUT2D eigenvalue weighted by atomic mass is 14.9. The van der Waals surface area contributed by atoms with Crippen molar-refractivity contribution in [3.63, 3.8) is 0 Å². The van der Waals surface area contributed by atoms with E-state index in [0.29, 0.717) is 5.82 Å². The highest BCUT2D eigenvalue weighted by Crippen LogP contribution is 2.44. The Hall–Kier alpha value is -7.16. The lowest BCUT2D eigenvalue weighted by Crippen LogP contribution is -1.98. The smallest absolute Gasteiger partial charge is 0.160 e. The Labute approximate surface area is 314 Å². The second-order valence-electron chi connectivity index (χ2n) is 13.7. The fourth-order valence-corrected chi connectivity index (χ4v) is 7.91. The molecule has 0 radical (unpaired) electrons. The summed E-state index contributed by atoms with van der Waals surface area (Å²) in [4.78, 5) is 10.6. The molecule has 0 aliphatic rings. The normalized spacial score (nSPS) is 11.3. The first-order valence-electron chi connectivity index (χ1n) is 18.4. The summed E-state index contributed by atoms with van der Waals surface area (Å²) in [5.74, 6) is 0.695. The van der Waals surface area contributed by atoms with Crippen molar-refractivity contribution in [2.24, 2.45) is 0 Å². The van der Waals surface area contributed by atoms with E-state index in [1.807, 2.05) is 18.2 Å². The third-order valence-corrected chi connectivity index (χ3v) is 10.5. The standard InChI is InChI=1S/C52H34N2/c1-4-16-35(17-5-1)42-30-29-40(33-47(42)36-18-6-2-7-19-36)49-34-50(54-52(53-49)38-21-8-3-9-22-38)44-26-14-15-27-45(44)51-43-25-13-11-23-39(43)32-48-41-24-12-10-20-37(41)28-31-46(48)51/h1-34H. The van der Waals surface area contributed by atoms with Crippen molar-refractivity contribution in [1.82, 2.24) is 9.97 Å². The van der Waals surface area contributed by atoms with Crippen molar-refractivity contribution < 1.29 is 0 Å². The summed E-state index contributed by atoms with van der Waals surface area (Å²) in [6.07, 6.45) is 0. The zero-order chi connectivity index (χ0) is 35.8. The largest absolute Gasteiger partial charge is 0.228 e. The van der Waals surface area contributed by atoms with Crippen LogP contribution in [0, 0.1) is 0 Å². The molecule has 54 heavy (non-hydrogen) atoms. The summed E-state index contributed by atoms with van der Waals surface area (Å²) in [5.41, 5.74) is 11.9. The third-order valence-electron chi connectivity index (χ3n) is 10.5. The lowest BCUT2D eigenvalue weighted by Gasteiger charge is -2.18. The van der Waals surface area contributed by atoms with Gasteiger partial charge in [-0.1, -0.05) is 188 Å². The maximum Gasteiger partial charge on any atom is 0.160 e. The lowest BCUT2D eigenvalue weighted by molar-refractivity contribution is 1.18. The summed E-state index contributed by atoms with van der Waals surface area (Å²) in [5, 5.41) is 7.39. The van der Waals surface area contributed by atoms with Gasteiger partial charge in [-0.2, -0.15) is 0 Å². The van der Waals surface area contributed by atoms with Gasteiger partial charge in [0, 0.05) is 16.7 Å². The predicted molar refractivity (Wildman–Crippen MR) is 227 cm³/mol. The second kappa shape index (κ2) is 13.4. The highest BCUT2D eigenvalue weighted by molar-refractivity contribution is 6.21. The number of nitrogens with zero attached hydrogens (tertiary/aromatic N) is 2. The monoisotopic (exact) mass is 686 g/mol. The number of benzene rings is 9. The second-order valence-corrected chi connectivity index (χ2v) is 13.7. The van der Waals surface area contributed by atoms with Crippen LogP contribution >= 0.6 is 0 Å². The summed E-state index contributed by atoms with van der Waals surface area (Å²) in [6.45, 7) is 0. The molecule has 0 aliphatic carbocycles. The minimum atomic E-state index is 0.695. The van der Waals surface area contributed by atoms with Crippen LogP contribution in [0.5, 0.6) is 0 Å². The van der Waals surface area contributed by atoms with Crippen LogP contribution in [0.1, 0.15) is 0 Å². The Balaban J connectivity index is 1.23. The fraction of sp³-hybridized carbons (Fsp3) is 0. The van der Waals surface area contributed by atoms with Gasteiger partial charge in [-0.05, 0) is 83.9 Å². The first kappa shape index (κ1) is 31.6. The average molecular weight is 687 g/mol. The van der Waals surface area contributed by atoms with Gasteiger partial charge in [0.25, 0.3) is 0 Å². The van der Waals surface area contributed by atoms with E-state index in [1.54, 1.807) is 0 Å². The van der Waals surface area contributed by atoms with E-state index in [9.17, 15) is 0 Å². The van der Waals surface area contributed by atoms with Gasteiger partial charge in [0.1, 0.15) is 0 Å². The molecule has 0 N–H and O–H groups in total. The number of aromatic nitrogens is 2. The molecule has 0 bridgehead atoms. The van der Waals surface area contributed by atoms with E-state index >= 15 is 0 Å². The third kappa shape index (κ3) is 5.62. The van der Waals surface area contributed by atoms with Crippen LogP contribution in [-0.4, -0.2) is 9.97 Å². The van der Waals surface area contributed by atoms with Crippen molar-refractivity contribution in [1.29, 1.82) is 0 Å². The van der Waals surface area contributed by atoms with Gasteiger partial charge in [-0.25, -0.2) is 9.97 Å². The van der Waals surface area contributed by atoms with Gasteiger partial charge in [0.2, 0.25) is 0 Å². The number of hydrogen-bond donors (Lipinski definition) is 0. The summed E-state index contributed by atoms with van der Waals surface area (Å²) >= 11 is 0. The molecule has 252 valence electrons. The van der Waals surface area contributed by atoms with E-state index in [0.717, 1.165) is 44.8 Å². The molecule has 0 amide bonds. The van der Waals surface area contributed by atoms with Crippen molar-refractivity contribution >= 4 is 32.3 Å². The maximum atomic E-state index is 5.33. The van der Waals surface area contributed by atoms with Crippen molar-refractivity contribution in [2.45, 2.75) is 0 Å². The molecule has 0 saturated heterocycles. The van der Waals surface area contributed by atoms with Gasteiger partial charge in [-0.15, -0.1) is 0 Å². The van der Waals surface area contributed by atoms with E-state index < -0.39 is 0 Å². The van der Waals surface area contributed by atoms with Crippen LogP contribution in [0.3, 0.4) is 0 Å². The quantitative estimate of drug-likeness (QED) is 0.129. The van der Waals surface area contributed by atoms with Gasteiger partial charge in [-0.3, -0.25) is 0 Å². The van der Waals surface area contributed by atoms with E-state index in [4.69, 9.17) is 9.97 Å². The molecule has 9 aromatic carbocycles. The Bertz CT molecular complexity index is 2970. The number of rotatable bonds is 6. The molecule has 10 rings (SSSR count). The van der Waals surface area contributed by atoms with Crippen LogP contribution in [0.4, 0.5) is 0 Å². The molecule has 2 nitrogen and oxygen atoms in total. The zero-order valence-electron chi connectivity index (χ0n) is 29.5. The first-order chi connectivity index (χ1) is 26.8. The summed E-state index contributed by atoms with van der Waals surface area (Å²) < 4.78 is 0. The Morgan fingerprint density at radius 2 is 0.833 bits per heavy atom. The zero-order valence-corrected chi connectivity index (χ0v) is 29.5. The van der Waals surface area contributed by atoms with E-state index in [-0.39, 0.29) is 0 Å². The molecular weight excluding hydrogens is 653 g/mol. The Morgan fingerprint density at radius 1 is 0.259 bits per heavy atom. The van der Waals surface area contributed by atoms with Crippen molar-refractivity contribution in [2.75, 3.05) is 0 Å². The van der Waals surface area contributed by atoms with E-state index in [1.165, 1.54) is 49.0 Å². The highest BCUT2D eigenvalue weighted by Gasteiger charge is 2.19. The van der Waals surface area contributed by atoms with Crippen LogP contribution in [0.25, 0.3) is 99.6 Å². The average Bonchev–Trinajstić information content (AvgIpc) is 3.26. The topological polar surface area (TPSA) is 25.8 Å². The minimum Gasteiger partial charge on any atom is -0.228 e. The maximum absolute atomic E-state index is 5.33. The fourth-order valence-electron chi connectivity index (χ4n) is 7.91. The molecule has 2 heteroatoms. The molecule has 10 aromatic rings. The van der Waals surface area contributed by atoms with Crippen LogP contribution in [0.2, 0.25) is 0 Å². The summed E-state index contributed by atoms with van der Waals surface area (Å²) in [6, 6.07) is 73.4. The Morgan fingerprint density at radius 3 is 1.57 bits per heavy atom. The molecule has 0 spiro atoms. The molecule has 0 aliphatic heterocycles.